The molecule has 0 heterocycles. The topological polar surface area (TPSA) is 86.8 Å². The molecular weight excluding hydrogens is 557 g/mol. The number of carbonyl (C=O) groups is 2. The minimum Gasteiger partial charge on any atom is -0.352 e. The molecule has 2 amide bonds. The molecule has 0 saturated carbocycles. The number of hydrogen-bond acceptors (Lipinski definition) is 4. The Hall–Kier alpha value is -3.07. The molecule has 3 aromatic carbocycles. The second kappa shape index (κ2) is 13.3. The Bertz CT molecular complexity index is 1420. The number of nitrogens with one attached hydrogen (secondary N) is 1. The highest BCUT2D eigenvalue weighted by molar-refractivity contribution is 7.92. The van der Waals surface area contributed by atoms with Gasteiger partial charge in [0.25, 0.3) is 10.0 Å². The number of anilines is 1. The van der Waals surface area contributed by atoms with Crippen LogP contribution in [0, 0.1) is 6.92 Å². The van der Waals surface area contributed by atoms with Gasteiger partial charge in [-0.15, -0.1) is 0 Å². The Labute approximate surface area is 240 Å². The number of aryl methyl sites for hydroxylation is 1. The third kappa shape index (κ3) is 7.53. The summed E-state index contributed by atoms with van der Waals surface area (Å²) < 4.78 is 28.6. The van der Waals surface area contributed by atoms with E-state index >= 15 is 0 Å². The first-order chi connectivity index (χ1) is 18.4. The minimum absolute atomic E-state index is 0.000677. The van der Waals surface area contributed by atoms with Gasteiger partial charge in [0.05, 0.1) is 20.6 Å². The van der Waals surface area contributed by atoms with Gasteiger partial charge in [0, 0.05) is 12.6 Å². The maximum absolute atomic E-state index is 14.0. The predicted molar refractivity (Wildman–Crippen MR) is 157 cm³/mol. The maximum Gasteiger partial charge on any atom is 0.264 e. The number of rotatable bonds is 11. The number of benzene rings is 3. The molecule has 10 heteroatoms. The molecule has 0 unspecified atom stereocenters. The van der Waals surface area contributed by atoms with E-state index in [2.05, 4.69) is 5.32 Å². The molecule has 0 fully saturated rings. The first-order valence-corrected chi connectivity index (χ1v) is 14.8. The fourth-order valence-corrected chi connectivity index (χ4v) is 5.87. The number of nitrogens with zero attached hydrogens (tertiary/aromatic N) is 2. The average Bonchev–Trinajstić information content (AvgIpc) is 2.92. The summed E-state index contributed by atoms with van der Waals surface area (Å²) in [6, 6.07) is 19.0. The number of halogens is 2. The lowest BCUT2D eigenvalue weighted by atomic mass is 10.1. The van der Waals surface area contributed by atoms with Crippen molar-refractivity contribution in [3.05, 3.63) is 94.0 Å². The van der Waals surface area contributed by atoms with Crippen LogP contribution in [0.5, 0.6) is 0 Å². The molecule has 0 aliphatic rings. The molecule has 0 aromatic heterocycles. The van der Waals surface area contributed by atoms with Crippen LogP contribution in [0.25, 0.3) is 0 Å². The highest BCUT2D eigenvalue weighted by Crippen LogP contribution is 2.35. The van der Waals surface area contributed by atoms with Crippen LogP contribution in [-0.2, 0) is 26.2 Å². The van der Waals surface area contributed by atoms with Crippen molar-refractivity contribution < 1.29 is 18.0 Å². The van der Waals surface area contributed by atoms with Crippen molar-refractivity contribution in [2.24, 2.45) is 0 Å². The molecule has 208 valence electrons. The standard InChI is InChI=1S/C29H33Cl2N3O4S/c1-5-21(3)32-29(36)22(4)33(18-23-12-9-11-20(2)17-23)27(35)19-34(26-16-10-15-25(30)28(26)31)39(37,38)24-13-7-6-8-14-24/h6-17,21-22H,5,18-19H2,1-4H3,(H,32,36)/t21-,22-/m1/s1. The van der Waals surface area contributed by atoms with Crippen LogP contribution in [0.3, 0.4) is 0 Å². The Morgan fingerprint density at radius 1 is 0.949 bits per heavy atom. The second-order valence-electron chi connectivity index (χ2n) is 9.40. The smallest absolute Gasteiger partial charge is 0.264 e. The lowest BCUT2D eigenvalue weighted by molar-refractivity contribution is -0.139. The highest BCUT2D eigenvalue weighted by Gasteiger charge is 2.33. The summed E-state index contributed by atoms with van der Waals surface area (Å²) in [5.41, 5.74) is 1.87. The van der Waals surface area contributed by atoms with Crippen LogP contribution in [0.15, 0.2) is 77.7 Å². The van der Waals surface area contributed by atoms with Crippen molar-refractivity contribution in [3.8, 4) is 0 Å². The number of carbonyl (C=O) groups excluding carboxylic acids is 2. The maximum atomic E-state index is 14.0. The van der Waals surface area contributed by atoms with Gasteiger partial charge in [0.15, 0.2) is 0 Å². The fourth-order valence-electron chi connectivity index (χ4n) is 3.97. The van der Waals surface area contributed by atoms with Crippen molar-refractivity contribution in [1.82, 2.24) is 10.2 Å². The van der Waals surface area contributed by atoms with Crippen molar-refractivity contribution in [1.29, 1.82) is 0 Å². The first-order valence-electron chi connectivity index (χ1n) is 12.6. The molecule has 0 aliphatic heterocycles. The van der Waals surface area contributed by atoms with Crippen LogP contribution in [0.4, 0.5) is 5.69 Å². The van der Waals surface area contributed by atoms with E-state index in [9.17, 15) is 18.0 Å². The molecular formula is C29H33Cl2N3O4S. The highest BCUT2D eigenvalue weighted by atomic mass is 35.5. The fraction of sp³-hybridized carbons (Fsp3) is 0.310. The van der Waals surface area contributed by atoms with Gasteiger partial charge in [-0.3, -0.25) is 13.9 Å². The summed E-state index contributed by atoms with van der Waals surface area (Å²) >= 11 is 12.7. The zero-order valence-electron chi connectivity index (χ0n) is 22.4. The quantitative estimate of drug-likeness (QED) is 0.305. The summed E-state index contributed by atoms with van der Waals surface area (Å²) in [4.78, 5) is 28.4. The number of amides is 2. The minimum atomic E-state index is -4.23. The van der Waals surface area contributed by atoms with Gasteiger partial charge < -0.3 is 10.2 Å². The molecule has 0 spiro atoms. The summed E-state index contributed by atoms with van der Waals surface area (Å²) in [6.07, 6.45) is 0.723. The van der Waals surface area contributed by atoms with Gasteiger partial charge in [-0.1, -0.05) is 84.2 Å². The summed E-state index contributed by atoms with van der Waals surface area (Å²) in [5, 5.41) is 3.06. The molecule has 0 radical (unpaired) electrons. The van der Waals surface area contributed by atoms with Gasteiger partial charge in [-0.25, -0.2) is 8.42 Å². The van der Waals surface area contributed by atoms with Gasteiger partial charge in [0.2, 0.25) is 11.8 Å². The Kier molecular flexibility index (Phi) is 10.4. The largest absolute Gasteiger partial charge is 0.352 e. The summed E-state index contributed by atoms with van der Waals surface area (Å²) in [6.45, 7) is 6.92. The third-order valence-corrected chi connectivity index (χ3v) is 9.00. The Morgan fingerprint density at radius 2 is 1.62 bits per heavy atom. The van der Waals surface area contributed by atoms with Gasteiger partial charge in [-0.2, -0.15) is 0 Å². The molecule has 0 aliphatic carbocycles. The van der Waals surface area contributed by atoms with Crippen LogP contribution in [0.1, 0.15) is 38.3 Å². The molecule has 0 saturated heterocycles. The molecule has 3 aromatic rings. The molecule has 3 rings (SSSR count). The van der Waals surface area contributed by atoms with Crippen molar-refractivity contribution in [2.45, 2.75) is 57.6 Å². The molecule has 2 atom stereocenters. The average molecular weight is 591 g/mol. The van der Waals surface area contributed by atoms with Gasteiger partial charge in [0.1, 0.15) is 12.6 Å². The van der Waals surface area contributed by atoms with Crippen LogP contribution in [-0.4, -0.2) is 43.8 Å². The Morgan fingerprint density at radius 3 is 2.26 bits per heavy atom. The van der Waals surface area contributed by atoms with E-state index < -0.39 is 28.5 Å². The number of hydrogen-bond donors (Lipinski definition) is 1. The zero-order chi connectivity index (χ0) is 28.7. The van der Waals surface area contributed by atoms with Crippen molar-refractivity contribution in [3.63, 3.8) is 0 Å². The van der Waals surface area contributed by atoms with E-state index in [-0.39, 0.29) is 39.1 Å². The second-order valence-corrected chi connectivity index (χ2v) is 12.0. The summed E-state index contributed by atoms with van der Waals surface area (Å²) in [7, 11) is -4.23. The van der Waals surface area contributed by atoms with Crippen LogP contribution < -0.4 is 9.62 Å². The summed E-state index contributed by atoms with van der Waals surface area (Å²) in [5.74, 6) is -0.900. The van der Waals surface area contributed by atoms with Crippen LogP contribution in [0.2, 0.25) is 10.0 Å². The monoisotopic (exact) mass is 589 g/mol. The van der Waals surface area contributed by atoms with E-state index in [1.165, 1.54) is 29.2 Å². The van der Waals surface area contributed by atoms with Crippen molar-refractivity contribution in [2.75, 3.05) is 10.8 Å². The molecule has 1 N–H and O–H groups in total. The molecule has 0 bridgehead atoms. The van der Waals surface area contributed by atoms with Crippen molar-refractivity contribution >= 4 is 50.7 Å². The Balaban J connectivity index is 2.06. The van der Waals surface area contributed by atoms with E-state index in [4.69, 9.17) is 23.2 Å². The van der Waals surface area contributed by atoms with E-state index in [0.29, 0.717) is 0 Å². The normalized spacial score (nSPS) is 12.9. The van der Waals surface area contributed by atoms with E-state index in [0.717, 1.165) is 21.9 Å². The third-order valence-electron chi connectivity index (χ3n) is 6.41. The number of sulfonamides is 1. The van der Waals surface area contributed by atoms with E-state index in [1.54, 1.807) is 31.2 Å². The van der Waals surface area contributed by atoms with Gasteiger partial charge in [-0.05, 0) is 57.0 Å². The predicted octanol–water partition coefficient (Wildman–Crippen LogP) is 5.83. The lowest BCUT2D eigenvalue weighted by Crippen LogP contribution is -2.52. The van der Waals surface area contributed by atoms with Gasteiger partial charge >= 0.3 is 0 Å². The van der Waals surface area contributed by atoms with E-state index in [1.807, 2.05) is 45.0 Å². The zero-order valence-corrected chi connectivity index (χ0v) is 24.7. The SMILES string of the molecule is CC[C@@H](C)NC(=O)[C@@H](C)N(Cc1cccc(C)c1)C(=O)CN(c1cccc(Cl)c1Cl)S(=O)(=O)c1ccccc1. The van der Waals surface area contributed by atoms with Crippen LogP contribution >= 0.6 is 23.2 Å². The molecule has 39 heavy (non-hydrogen) atoms. The molecule has 7 nitrogen and oxygen atoms in total. The first kappa shape index (κ1) is 30.5. The lowest BCUT2D eigenvalue weighted by Gasteiger charge is -2.32.